The maximum Gasteiger partial charge on any atom is 0.252 e. The molecule has 1 amide bonds. The van der Waals surface area contributed by atoms with E-state index in [9.17, 15) is 9.90 Å². The molecule has 0 spiro atoms. The third kappa shape index (κ3) is 3.56. The highest BCUT2D eigenvalue weighted by molar-refractivity contribution is 9.10. The van der Waals surface area contributed by atoms with E-state index in [0.717, 1.165) is 30.2 Å². The molecule has 2 unspecified atom stereocenters. The number of carbonyl (C=O) groups excluding carboxylic acids is 1. The van der Waals surface area contributed by atoms with Crippen molar-refractivity contribution in [3.05, 3.63) is 34.3 Å². The highest BCUT2D eigenvalue weighted by Crippen LogP contribution is 2.23. The lowest BCUT2D eigenvalue weighted by Crippen LogP contribution is -2.33. The third-order valence-corrected chi connectivity index (χ3v) is 4.12. The van der Waals surface area contributed by atoms with Gasteiger partial charge in [-0.15, -0.1) is 0 Å². The van der Waals surface area contributed by atoms with Crippen LogP contribution in [0.3, 0.4) is 0 Å². The molecule has 2 rings (SSSR count). The zero-order valence-corrected chi connectivity index (χ0v) is 11.8. The number of aliphatic hydroxyl groups is 1. The zero-order valence-electron chi connectivity index (χ0n) is 10.2. The van der Waals surface area contributed by atoms with Crippen molar-refractivity contribution in [3.8, 4) is 0 Å². The van der Waals surface area contributed by atoms with Crippen LogP contribution in [0.15, 0.2) is 28.7 Å². The fraction of sp³-hybridized carbons (Fsp3) is 0.500. The van der Waals surface area contributed by atoms with Crippen LogP contribution in [-0.4, -0.2) is 23.7 Å². The molecule has 2 N–H and O–H groups in total. The number of nitrogens with one attached hydrogen (secondary N) is 1. The van der Waals surface area contributed by atoms with Crippen LogP contribution in [0.2, 0.25) is 0 Å². The van der Waals surface area contributed by atoms with E-state index in [0.29, 0.717) is 18.0 Å². The van der Waals surface area contributed by atoms with Gasteiger partial charge < -0.3 is 10.4 Å². The van der Waals surface area contributed by atoms with E-state index in [-0.39, 0.29) is 12.0 Å². The highest BCUT2D eigenvalue weighted by atomic mass is 79.9. The van der Waals surface area contributed by atoms with E-state index in [1.807, 2.05) is 18.2 Å². The molecule has 1 aliphatic rings. The van der Waals surface area contributed by atoms with Gasteiger partial charge in [-0.1, -0.05) is 18.6 Å². The summed E-state index contributed by atoms with van der Waals surface area (Å²) in [5, 5.41) is 12.5. The Morgan fingerprint density at radius 1 is 1.39 bits per heavy atom. The molecule has 2 atom stereocenters. The highest BCUT2D eigenvalue weighted by Gasteiger charge is 2.20. The van der Waals surface area contributed by atoms with Crippen molar-refractivity contribution >= 4 is 21.8 Å². The minimum atomic E-state index is -0.191. The van der Waals surface area contributed by atoms with Crippen molar-refractivity contribution in [2.45, 2.75) is 31.8 Å². The predicted octanol–water partition coefficient (Wildman–Crippen LogP) is 2.73. The Morgan fingerprint density at radius 2 is 2.17 bits per heavy atom. The first kappa shape index (κ1) is 13.6. The van der Waals surface area contributed by atoms with Crippen LogP contribution < -0.4 is 5.32 Å². The van der Waals surface area contributed by atoms with Crippen LogP contribution >= 0.6 is 15.9 Å². The molecule has 0 saturated heterocycles. The Kier molecular flexibility index (Phi) is 4.78. The fourth-order valence-electron chi connectivity index (χ4n) is 2.43. The number of amides is 1. The average molecular weight is 312 g/mol. The van der Waals surface area contributed by atoms with Gasteiger partial charge in [0.05, 0.1) is 11.7 Å². The Labute approximate surface area is 116 Å². The second kappa shape index (κ2) is 6.34. The van der Waals surface area contributed by atoms with E-state index in [1.54, 1.807) is 6.07 Å². The summed E-state index contributed by atoms with van der Waals surface area (Å²) in [4.78, 5) is 12.0. The largest absolute Gasteiger partial charge is 0.393 e. The summed E-state index contributed by atoms with van der Waals surface area (Å²) in [5.74, 6) is 0.350. The summed E-state index contributed by atoms with van der Waals surface area (Å²) in [5.41, 5.74) is 0.661. The molecule has 98 valence electrons. The van der Waals surface area contributed by atoms with Crippen molar-refractivity contribution in [3.63, 3.8) is 0 Å². The number of hydrogen-bond acceptors (Lipinski definition) is 2. The van der Waals surface area contributed by atoms with E-state index in [1.165, 1.54) is 0 Å². The average Bonchev–Trinajstić information content (AvgIpc) is 2.37. The van der Waals surface area contributed by atoms with Gasteiger partial charge in [0, 0.05) is 11.0 Å². The number of carbonyl (C=O) groups is 1. The van der Waals surface area contributed by atoms with Crippen LogP contribution in [0.25, 0.3) is 0 Å². The zero-order chi connectivity index (χ0) is 13.0. The quantitative estimate of drug-likeness (QED) is 0.901. The summed E-state index contributed by atoms with van der Waals surface area (Å²) in [7, 11) is 0. The molecule has 1 fully saturated rings. The SMILES string of the molecule is O=C(NCC1CCCC(O)C1)c1ccccc1Br. The summed E-state index contributed by atoms with van der Waals surface area (Å²) < 4.78 is 0.811. The molecule has 1 aliphatic carbocycles. The van der Waals surface area contributed by atoms with Gasteiger partial charge in [0.25, 0.3) is 5.91 Å². The number of rotatable bonds is 3. The fourth-order valence-corrected chi connectivity index (χ4v) is 2.89. The normalized spacial score (nSPS) is 23.7. The molecule has 18 heavy (non-hydrogen) atoms. The Bertz CT molecular complexity index is 422. The molecule has 0 radical (unpaired) electrons. The first-order valence-corrected chi connectivity index (χ1v) is 7.17. The molecule has 0 heterocycles. The van der Waals surface area contributed by atoms with Gasteiger partial charge in [-0.2, -0.15) is 0 Å². The van der Waals surface area contributed by atoms with E-state index in [4.69, 9.17) is 0 Å². The summed E-state index contributed by atoms with van der Waals surface area (Å²) >= 11 is 3.37. The van der Waals surface area contributed by atoms with E-state index < -0.39 is 0 Å². The Morgan fingerprint density at radius 3 is 2.89 bits per heavy atom. The van der Waals surface area contributed by atoms with Crippen molar-refractivity contribution in [1.29, 1.82) is 0 Å². The van der Waals surface area contributed by atoms with Gasteiger partial charge in [0.2, 0.25) is 0 Å². The number of aliphatic hydroxyl groups excluding tert-OH is 1. The Hall–Kier alpha value is -0.870. The molecule has 0 aromatic heterocycles. The second-order valence-electron chi connectivity index (χ2n) is 4.88. The predicted molar refractivity (Wildman–Crippen MR) is 74.4 cm³/mol. The van der Waals surface area contributed by atoms with Crippen LogP contribution in [-0.2, 0) is 0 Å². The van der Waals surface area contributed by atoms with Gasteiger partial charge in [-0.05, 0) is 53.2 Å². The topological polar surface area (TPSA) is 49.3 Å². The standard InChI is InChI=1S/C14H18BrNO2/c15-13-7-2-1-6-12(13)14(18)16-9-10-4-3-5-11(17)8-10/h1-2,6-7,10-11,17H,3-5,8-9H2,(H,16,18). The number of hydrogen-bond donors (Lipinski definition) is 2. The lowest BCUT2D eigenvalue weighted by Gasteiger charge is -2.25. The molecular weight excluding hydrogens is 294 g/mol. The molecule has 0 bridgehead atoms. The summed E-state index contributed by atoms with van der Waals surface area (Å²) in [6, 6.07) is 7.40. The minimum Gasteiger partial charge on any atom is -0.393 e. The maximum absolute atomic E-state index is 12.0. The second-order valence-corrected chi connectivity index (χ2v) is 5.73. The molecule has 0 aliphatic heterocycles. The van der Waals surface area contributed by atoms with Crippen LogP contribution in [0.5, 0.6) is 0 Å². The number of benzene rings is 1. The third-order valence-electron chi connectivity index (χ3n) is 3.42. The van der Waals surface area contributed by atoms with Gasteiger partial charge in [-0.3, -0.25) is 4.79 Å². The van der Waals surface area contributed by atoms with Crippen molar-refractivity contribution < 1.29 is 9.90 Å². The van der Waals surface area contributed by atoms with Crippen LogP contribution in [0, 0.1) is 5.92 Å². The van der Waals surface area contributed by atoms with Gasteiger partial charge in [0.15, 0.2) is 0 Å². The monoisotopic (exact) mass is 311 g/mol. The molecule has 4 heteroatoms. The van der Waals surface area contributed by atoms with Gasteiger partial charge >= 0.3 is 0 Å². The van der Waals surface area contributed by atoms with Gasteiger partial charge in [0.1, 0.15) is 0 Å². The van der Waals surface area contributed by atoms with E-state index in [2.05, 4.69) is 21.2 Å². The van der Waals surface area contributed by atoms with Crippen LogP contribution in [0.4, 0.5) is 0 Å². The smallest absolute Gasteiger partial charge is 0.252 e. The first-order chi connectivity index (χ1) is 8.66. The maximum atomic E-state index is 12.0. The summed E-state index contributed by atoms with van der Waals surface area (Å²) in [6.07, 6.45) is 3.65. The summed E-state index contributed by atoms with van der Waals surface area (Å²) in [6.45, 7) is 0.650. The van der Waals surface area contributed by atoms with E-state index >= 15 is 0 Å². The van der Waals surface area contributed by atoms with Gasteiger partial charge in [-0.25, -0.2) is 0 Å². The first-order valence-electron chi connectivity index (χ1n) is 6.37. The van der Waals surface area contributed by atoms with Crippen LogP contribution in [0.1, 0.15) is 36.0 Å². The number of halogens is 1. The van der Waals surface area contributed by atoms with Crippen molar-refractivity contribution in [2.24, 2.45) is 5.92 Å². The van der Waals surface area contributed by atoms with Crippen molar-refractivity contribution in [2.75, 3.05) is 6.54 Å². The molecule has 1 saturated carbocycles. The lowest BCUT2D eigenvalue weighted by molar-refractivity contribution is 0.0873. The molecule has 1 aromatic rings. The lowest BCUT2D eigenvalue weighted by atomic mass is 9.87. The molecule has 3 nitrogen and oxygen atoms in total. The van der Waals surface area contributed by atoms with Crippen molar-refractivity contribution in [1.82, 2.24) is 5.32 Å². The Balaban J connectivity index is 1.87. The molecule has 1 aromatic carbocycles. The minimum absolute atomic E-state index is 0.0532. The molecular formula is C14H18BrNO2.